The fourth-order valence-electron chi connectivity index (χ4n) is 19.0. The van der Waals surface area contributed by atoms with Gasteiger partial charge in [0.25, 0.3) is 35.4 Å². The van der Waals surface area contributed by atoms with Crippen molar-refractivity contribution in [2.45, 2.75) is 181 Å². The van der Waals surface area contributed by atoms with Crippen molar-refractivity contribution in [3.8, 4) is 46.0 Å². The number of aryl methyl sites for hydroxylation is 2. The smallest absolute Gasteiger partial charge is 0.260 e. The Morgan fingerprint density at radius 2 is 0.755 bits per heavy atom. The van der Waals surface area contributed by atoms with Crippen LogP contribution in [0.5, 0.6) is 46.0 Å². The van der Waals surface area contributed by atoms with Crippen LogP contribution in [0, 0.1) is 25.7 Å². The molecule has 0 aliphatic carbocycles. The van der Waals surface area contributed by atoms with E-state index in [9.17, 15) is 43.2 Å². The van der Waals surface area contributed by atoms with Gasteiger partial charge in [-0.3, -0.25) is 68.0 Å². The Hall–Kier alpha value is -15.1. The number of anilines is 2. The van der Waals surface area contributed by atoms with Crippen molar-refractivity contribution < 1.29 is 81.0 Å². The molecule has 0 spiro atoms. The number of carbonyl (C=O) groups is 9. The number of unbranched alkanes of at least 4 members (excludes halogenated alkanes) is 6. The van der Waals surface area contributed by atoms with E-state index in [1.54, 1.807) is 76.2 Å². The van der Waals surface area contributed by atoms with Crippen molar-refractivity contribution in [2.24, 2.45) is 31.8 Å². The normalized spacial score (nSPS) is 17.4. The second-order valence-electron chi connectivity index (χ2n) is 39.1. The van der Waals surface area contributed by atoms with Gasteiger partial charge in [0.15, 0.2) is 28.8 Å². The van der Waals surface area contributed by atoms with Gasteiger partial charge in [0, 0.05) is 162 Å². The lowest BCUT2D eigenvalue weighted by atomic mass is 9.92. The molecule has 147 heavy (non-hydrogen) atoms. The van der Waals surface area contributed by atoms with Crippen LogP contribution in [-0.4, -0.2) is 244 Å². The molecule has 0 saturated heterocycles. The van der Waals surface area contributed by atoms with Gasteiger partial charge in [-0.15, -0.1) is 0 Å². The molecule has 9 aliphatic heterocycles. The van der Waals surface area contributed by atoms with Crippen molar-refractivity contribution in [3.63, 3.8) is 0 Å². The molecule has 0 radical (unpaired) electrons. The summed E-state index contributed by atoms with van der Waals surface area (Å²) in [7, 11) is 11.3. The van der Waals surface area contributed by atoms with Crippen LogP contribution >= 0.6 is 0 Å². The predicted molar refractivity (Wildman–Crippen MR) is 574 cm³/mol. The highest BCUT2D eigenvalue weighted by Gasteiger charge is 2.40. The van der Waals surface area contributed by atoms with Crippen LogP contribution in [0.2, 0.25) is 0 Å². The number of ether oxygens (including phenoxy) is 8. The molecule has 31 nitrogen and oxygen atoms in total. The van der Waals surface area contributed by atoms with Crippen molar-refractivity contribution in [1.29, 1.82) is 0 Å². The zero-order valence-electron chi connectivity index (χ0n) is 85.0. The number of hydrogen-bond acceptors (Lipinski definition) is 24. The van der Waals surface area contributed by atoms with Gasteiger partial charge in [-0.25, -0.2) is 0 Å². The van der Waals surface area contributed by atoms with Gasteiger partial charge >= 0.3 is 0 Å². The largest absolute Gasteiger partial charge is 0.494 e. The molecular weight excluding hydrogens is 1860 g/mol. The van der Waals surface area contributed by atoms with Gasteiger partial charge in [0.05, 0.1) is 129 Å². The quantitative estimate of drug-likeness (QED) is 0.0181. The lowest BCUT2D eigenvalue weighted by molar-refractivity contribution is -0.137. The third-order valence-electron chi connectivity index (χ3n) is 27.2. The van der Waals surface area contributed by atoms with E-state index < -0.39 is 12.0 Å². The number of aliphatic imine (C=N–C) groups is 4. The number of fused-ring (bicyclic) bond motifs is 8. The molecule has 8 amide bonds. The lowest BCUT2D eigenvalue weighted by Gasteiger charge is -2.23. The second-order valence-corrected chi connectivity index (χ2v) is 39.1. The molecule has 4 N–H and O–H groups in total. The van der Waals surface area contributed by atoms with E-state index in [4.69, 9.17) is 63.6 Å². The molecular formula is C116H134N14O17. The minimum atomic E-state index is -0.754. The highest BCUT2D eigenvalue weighted by Crippen LogP contribution is 2.46. The summed E-state index contributed by atoms with van der Waals surface area (Å²) in [5.41, 5.74) is 21.3. The molecule has 0 unspecified atom stereocenters. The van der Waals surface area contributed by atoms with E-state index in [1.165, 1.54) is 24.2 Å². The molecule has 770 valence electrons. The minimum absolute atomic E-state index is 0. The molecule has 0 aromatic heterocycles. The molecule has 31 heteroatoms. The minimum Gasteiger partial charge on any atom is -0.494 e. The SMILES string of the molecule is C.COc1cc2c(cc1OCCCCCOc1cc3c(cc1C)C(=O)N1C=C(c4ccc(OCCCN(C)C)cc4)C[C@H]1C=N3)N=C[C@@H]1CC(c3ccc(N)cc3)=CN1C2=O.COc1cc2c(cc1OCCCCCOc1cc3c(cc1C)C(=O)N1C=C(c4ccc(OCCCN(C)C)cc4)C[C@H]1C=N3)N=C[C@@H]1CC(c3ccc(NC(=O)[C@H](C)CC(=O)[C@@H](NC(=O)CCCCCN4C(=O)C=CC4=O)C(C)C)cc3)=CN1C2=O. The number of rotatable bonds is 45. The number of ketones is 1. The van der Waals surface area contributed by atoms with Crippen LogP contribution < -0.4 is 54.3 Å². The number of nitrogens with zero attached hydrogens (tertiary/aromatic N) is 11. The summed E-state index contributed by atoms with van der Waals surface area (Å²) >= 11 is 0. The van der Waals surface area contributed by atoms with E-state index in [-0.39, 0.29) is 103 Å². The number of nitrogens with one attached hydrogen (secondary N) is 2. The van der Waals surface area contributed by atoms with E-state index >= 15 is 0 Å². The topological polar surface area (TPSA) is 350 Å². The van der Waals surface area contributed by atoms with Crippen molar-refractivity contribution in [1.82, 2.24) is 39.6 Å². The number of carbonyl (C=O) groups excluding carboxylic acids is 9. The fraction of sp³-hybridized carbons (Fsp3) is 0.388. The zero-order chi connectivity index (χ0) is 103. The number of benzene rings is 8. The highest BCUT2D eigenvalue weighted by atomic mass is 16.5. The van der Waals surface area contributed by atoms with Crippen molar-refractivity contribution >= 4 is 134 Å². The third kappa shape index (κ3) is 26.2. The Bertz CT molecular complexity index is 6480. The zero-order valence-corrected chi connectivity index (χ0v) is 85.0. The molecule has 6 atom stereocenters. The molecule has 0 fully saturated rings. The lowest BCUT2D eigenvalue weighted by Crippen LogP contribution is -2.45. The number of nitrogen functional groups attached to an aromatic ring is 1. The van der Waals surface area contributed by atoms with Gasteiger partial charge in [-0.2, -0.15) is 0 Å². The average molecular weight is 2000 g/mol. The van der Waals surface area contributed by atoms with E-state index in [0.717, 1.165) is 137 Å². The summed E-state index contributed by atoms with van der Waals surface area (Å²) < 4.78 is 48.0. The molecule has 17 rings (SSSR count). The predicted octanol–water partition coefficient (Wildman–Crippen LogP) is 19.2. The number of Topliss-reactive ketones (excluding diaryl/α,β-unsaturated/α-hetero) is 1. The molecule has 0 bridgehead atoms. The summed E-state index contributed by atoms with van der Waals surface area (Å²) in [6, 6.07) is 44.0. The number of imide groups is 1. The summed E-state index contributed by atoms with van der Waals surface area (Å²) in [6.07, 6.45) is 28.7. The van der Waals surface area contributed by atoms with Crippen LogP contribution in [0.3, 0.4) is 0 Å². The second kappa shape index (κ2) is 49.2. The first-order valence-corrected chi connectivity index (χ1v) is 50.5. The first-order chi connectivity index (χ1) is 70.6. The summed E-state index contributed by atoms with van der Waals surface area (Å²) in [5.74, 6) is 2.17. The van der Waals surface area contributed by atoms with Crippen LogP contribution in [0.15, 0.2) is 203 Å². The Balaban J connectivity index is 0.000000233. The summed E-state index contributed by atoms with van der Waals surface area (Å²) in [6.45, 7) is 14.7. The standard InChI is InChI=1S/C67H78N8O11.C48H52N6O6.CH4/c1-42(2)64(71-61(77)15-10-8-11-27-73-62(78)24-25-63(73)79)57(76)32-44(4)65(80)70-49-20-16-45(17-21-49)47-33-51-39-69-56-37-60(59(83-7)35-54(56)67(82)75(51)40-47)86-29-13-9-12-28-85-58-36-55-53(31-43(58)3)66(81)74-41-48(34-50(74)38-68-55)46-18-22-52(23-19-46)84-30-14-26-72(5)6;1-31-21-40-42(50-27-37-23-35(30-53(37)47(40)55)33-11-15-39(16-12-33)58-20-8-17-52(2)3)25-44(31)59-18-6-5-7-19-60-46-26-43-41(24-45(46)57-4)48(56)54-29-34(22-38(54)28-51-43)32-9-13-36(49)14-10-32;/h16-25,31,35-42,44,50-51,64H,8-15,26-30,32-34H2,1-7H3,(H,70,80)(H,71,77);9-16,21,24-30,37-38H,5-8,17-20,22-23,49H2,1-4H3;1H4/t44-,50+,51+,64+;37-,38-;/m10./s1. The maximum atomic E-state index is 14.1. The Labute approximate surface area is 860 Å². The van der Waals surface area contributed by atoms with Gasteiger partial charge < -0.3 is 83.7 Å². The maximum Gasteiger partial charge on any atom is 0.260 e. The third-order valence-corrected chi connectivity index (χ3v) is 27.2. The molecule has 0 saturated carbocycles. The van der Waals surface area contributed by atoms with Crippen LogP contribution in [-0.2, 0) is 24.0 Å². The summed E-state index contributed by atoms with van der Waals surface area (Å²) in [4.78, 5) is 150. The molecule has 9 heterocycles. The number of methoxy groups -OCH3 is 2. The first-order valence-electron chi connectivity index (χ1n) is 50.5. The van der Waals surface area contributed by atoms with E-state index in [1.807, 2.05) is 168 Å². The monoisotopic (exact) mass is 2000 g/mol. The van der Waals surface area contributed by atoms with E-state index in [0.29, 0.717) is 176 Å². The Kier molecular flexibility index (Phi) is 35.5. The van der Waals surface area contributed by atoms with Crippen LogP contribution in [0.4, 0.5) is 34.1 Å². The number of nitrogens with two attached hydrogens (primary N) is 1. The van der Waals surface area contributed by atoms with Crippen molar-refractivity contribution in [3.05, 3.63) is 238 Å². The van der Waals surface area contributed by atoms with Crippen molar-refractivity contribution in [2.75, 3.05) is 113 Å². The van der Waals surface area contributed by atoms with Crippen LogP contribution in [0.25, 0.3) is 22.3 Å². The maximum absolute atomic E-state index is 14.1. The first kappa shape index (κ1) is 106. The average Bonchev–Trinajstić information content (AvgIpc) is 1.64. The van der Waals surface area contributed by atoms with Gasteiger partial charge in [-0.05, 0) is 241 Å². The Morgan fingerprint density at radius 1 is 0.415 bits per heavy atom. The van der Waals surface area contributed by atoms with Crippen LogP contribution in [0.1, 0.15) is 212 Å². The molecule has 8 aromatic carbocycles. The van der Waals surface area contributed by atoms with Gasteiger partial charge in [0.1, 0.15) is 23.0 Å². The van der Waals surface area contributed by atoms with Gasteiger partial charge in [0.2, 0.25) is 11.8 Å². The number of amides is 8. The highest BCUT2D eigenvalue weighted by molar-refractivity contribution is 6.13. The fourth-order valence-corrected chi connectivity index (χ4v) is 19.0. The Morgan fingerprint density at radius 3 is 1.12 bits per heavy atom. The van der Waals surface area contributed by atoms with Gasteiger partial charge in [-0.1, -0.05) is 83.1 Å². The summed E-state index contributed by atoms with van der Waals surface area (Å²) in [5, 5.41) is 5.76. The molecule has 9 aliphatic rings. The van der Waals surface area contributed by atoms with E-state index in [2.05, 4.69) is 60.8 Å². The molecule has 8 aromatic rings. The number of hydrogen-bond donors (Lipinski definition) is 3.